The van der Waals surface area contributed by atoms with E-state index >= 15 is 0 Å². The molecule has 2 aromatic heterocycles. The summed E-state index contributed by atoms with van der Waals surface area (Å²) in [6.45, 7) is 2.94. The van der Waals surface area contributed by atoms with Gasteiger partial charge in [-0.15, -0.1) is 0 Å². The monoisotopic (exact) mass is 216 g/mol. The zero-order valence-corrected chi connectivity index (χ0v) is 9.21. The molecule has 84 valence electrons. The van der Waals surface area contributed by atoms with E-state index in [-0.39, 0.29) is 0 Å². The second-order valence-electron chi connectivity index (χ2n) is 3.69. The highest BCUT2D eigenvalue weighted by Gasteiger charge is 1.92. The summed E-state index contributed by atoms with van der Waals surface area (Å²) < 4.78 is 2.09. The topological polar surface area (TPSA) is 42.7 Å². The van der Waals surface area contributed by atoms with Gasteiger partial charge in [-0.05, 0) is 30.7 Å². The first-order valence-electron chi connectivity index (χ1n) is 5.50. The van der Waals surface area contributed by atoms with E-state index in [1.165, 1.54) is 5.56 Å². The Kier molecular flexibility index (Phi) is 4.08. The molecule has 0 aliphatic rings. The predicted molar refractivity (Wildman–Crippen MR) is 62.8 cm³/mol. The Morgan fingerprint density at radius 1 is 1.12 bits per heavy atom. The van der Waals surface area contributed by atoms with Crippen LogP contribution in [0, 0.1) is 0 Å². The number of aryl methyl sites for hydroxylation is 1. The number of nitrogens with zero attached hydrogens (tertiary/aromatic N) is 3. The van der Waals surface area contributed by atoms with Gasteiger partial charge < -0.3 is 9.88 Å². The number of nitrogens with one attached hydrogen (secondary N) is 1. The first-order valence-corrected chi connectivity index (χ1v) is 5.50. The van der Waals surface area contributed by atoms with Crippen molar-refractivity contribution in [2.45, 2.75) is 19.5 Å². The Balaban J connectivity index is 1.59. The van der Waals surface area contributed by atoms with Crippen LogP contribution in [0.25, 0.3) is 0 Å². The highest BCUT2D eigenvalue weighted by atomic mass is 15.0. The van der Waals surface area contributed by atoms with Crippen LogP contribution in [-0.4, -0.2) is 21.1 Å². The maximum absolute atomic E-state index is 4.00. The van der Waals surface area contributed by atoms with E-state index in [0.717, 1.165) is 26.1 Å². The molecular weight excluding hydrogens is 200 g/mol. The molecule has 2 heterocycles. The van der Waals surface area contributed by atoms with Gasteiger partial charge in [-0.3, -0.25) is 4.98 Å². The van der Waals surface area contributed by atoms with E-state index < -0.39 is 0 Å². The number of hydrogen-bond acceptors (Lipinski definition) is 3. The lowest BCUT2D eigenvalue weighted by Gasteiger charge is -2.05. The third-order valence-electron chi connectivity index (χ3n) is 2.41. The van der Waals surface area contributed by atoms with Crippen LogP contribution in [0.2, 0.25) is 0 Å². The fraction of sp³-hybridized carbons (Fsp3) is 0.333. The van der Waals surface area contributed by atoms with Gasteiger partial charge in [-0.25, -0.2) is 4.98 Å². The Hall–Kier alpha value is -1.68. The Bertz CT molecular complexity index is 383. The molecule has 0 amide bonds. The molecule has 0 aliphatic carbocycles. The zero-order valence-electron chi connectivity index (χ0n) is 9.21. The maximum atomic E-state index is 4.00. The van der Waals surface area contributed by atoms with Crippen LogP contribution >= 0.6 is 0 Å². The number of imidazole rings is 1. The summed E-state index contributed by atoms with van der Waals surface area (Å²) in [5.41, 5.74) is 1.28. The summed E-state index contributed by atoms with van der Waals surface area (Å²) in [6, 6.07) is 4.06. The van der Waals surface area contributed by atoms with E-state index in [2.05, 4.69) is 19.9 Å². The molecule has 0 saturated heterocycles. The third-order valence-corrected chi connectivity index (χ3v) is 2.41. The minimum absolute atomic E-state index is 0.909. The molecular formula is C12H16N4. The van der Waals surface area contributed by atoms with Gasteiger partial charge in [0.2, 0.25) is 0 Å². The van der Waals surface area contributed by atoms with Crippen LogP contribution in [-0.2, 0) is 13.1 Å². The largest absolute Gasteiger partial charge is 0.337 e. The van der Waals surface area contributed by atoms with Crippen molar-refractivity contribution >= 4 is 0 Å². The lowest BCUT2D eigenvalue weighted by molar-refractivity contribution is 0.580. The molecule has 4 nitrogen and oxygen atoms in total. The van der Waals surface area contributed by atoms with Crippen molar-refractivity contribution in [3.63, 3.8) is 0 Å². The summed E-state index contributed by atoms with van der Waals surface area (Å²) in [5.74, 6) is 0. The van der Waals surface area contributed by atoms with Crippen LogP contribution in [0.15, 0.2) is 43.2 Å². The molecule has 0 bridgehead atoms. The van der Waals surface area contributed by atoms with Crippen LogP contribution < -0.4 is 5.32 Å². The van der Waals surface area contributed by atoms with Gasteiger partial charge in [0.15, 0.2) is 0 Å². The van der Waals surface area contributed by atoms with E-state index in [1.54, 1.807) is 0 Å². The Labute approximate surface area is 95.4 Å². The quantitative estimate of drug-likeness (QED) is 0.743. The summed E-state index contributed by atoms with van der Waals surface area (Å²) in [4.78, 5) is 7.99. The van der Waals surface area contributed by atoms with E-state index in [9.17, 15) is 0 Å². The van der Waals surface area contributed by atoms with E-state index in [1.807, 2.05) is 43.2 Å². The minimum Gasteiger partial charge on any atom is -0.337 e. The average Bonchev–Trinajstić information content (AvgIpc) is 2.83. The highest BCUT2D eigenvalue weighted by Crippen LogP contribution is 1.95. The van der Waals surface area contributed by atoms with Crippen LogP contribution in [0.3, 0.4) is 0 Å². The maximum Gasteiger partial charge on any atom is 0.0945 e. The molecule has 0 aliphatic heterocycles. The molecule has 2 aromatic rings. The van der Waals surface area contributed by atoms with Gasteiger partial charge in [-0.1, -0.05) is 0 Å². The number of aromatic nitrogens is 3. The Morgan fingerprint density at radius 2 is 2.00 bits per heavy atom. The number of hydrogen-bond donors (Lipinski definition) is 1. The molecule has 4 heteroatoms. The summed E-state index contributed by atoms with van der Waals surface area (Å²) >= 11 is 0. The van der Waals surface area contributed by atoms with Gasteiger partial charge in [0.25, 0.3) is 0 Å². The number of rotatable bonds is 6. The second-order valence-corrected chi connectivity index (χ2v) is 3.69. The molecule has 0 atom stereocenters. The SMILES string of the molecule is c1cc(CNCCCn2ccnc2)ccn1. The third kappa shape index (κ3) is 3.47. The van der Waals surface area contributed by atoms with Crippen LogP contribution in [0.4, 0.5) is 0 Å². The number of pyridine rings is 1. The fourth-order valence-corrected chi connectivity index (χ4v) is 1.54. The molecule has 0 saturated carbocycles. The van der Waals surface area contributed by atoms with Gasteiger partial charge >= 0.3 is 0 Å². The van der Waals surface area contributed by atoms with Gasteiger partial charge in [0, 0.05) is 37.9 Å². The molecule has 2 rings (SSSR count). The molecule has 0 fully saturated rings. The minimum atomic E-state index is 0.909. The molecule has 0 aromatic carbocycles. The van der Waals surface area contributed by atoms with Crippen molar-refractivity contribution < 1.29 is 0 Å². The highest BCUT2D eigenvalue weighted by molar-refractivity contribution is 5.08. The van der Waals surface area contributed by atoms with E-state index in [4.69, 9.17) is 0 Å². The predicted octanol–water partition coefficient (Wildman–Crippen LogP) is 1.46. The standard InChI is InChI=1S/C12H16N4/c1(8-16-9-7-15-11-16)4-14-10-12-2-5-13-6-3-12/h2-3,5-7,9,11,14H,1,4,8,10H2. The summed E-state index contributed by atoms with van der Waals surface area (Å²) in [7, 11) is 0. The van der Waals surface area contributed by atoms with Crippen LogP contribution in [0.5, 0.6) is 0 Å². The summed E-state index contributed by atoms with van der Waals surface area (Å²) in [6.07, 6.45) is 10.4. The lowest BCUT2D eigenvalue weighted by Crippen LogP contribution is -2.16. The van der Waals surface area contributed by atoms with Crippen molar-refractivity contribution in [3.8, 4) is 0 Å². The fourth-order valence-electron chi connectivity index (χ4n) is 1.54. The molecule has 0 radical (unpaired) electrons. The second kappa shape index (κ2) is 6.02. The first kappa shape index (κ1) is 10.8. The molecule has 0 spiro atoms. The van der Waals surface area contributed by atoms with Crippen molar-refractivity contribution in [1.82, 2.24) is 19.9 Å². The van der Waals surface area contributed by atoms with Crippen molar-refractivity contribution in [2.75, 3.05) is 6.54 Å². The molecule has 1 N–H and O–H groups in total. The molecule has 0 unspecified atom stereocenters. The average molecular weight is 216 g/mol. The van der Waals surface area contributed by atoms with Crippen molar-refractivity contribution in [3.05, 3.63) is 48.8 Å². The summed E-state index contributed by atoms with van der Waals surface area (Å²) in [5, 5.41) is 3.40. The van der Waals surface area contributed by atoms with Gasteiger partial charge in [0.1, 0.15) is 0 Å². The van der Waals surface area contributed by atoms with Gasteiger partial charge in [-0.2, -0.15) is 0 Å². The normalized spacial score (nSPS) is 10.5. The zero-order chi connectivity index (χ0) is 11.1. The van der Waals surface area contributed by atoms with Crippen molar-refractivity contribution in [2.24, 2.45) is 0 Å². The van der Waals surface area contributed by atoms with Gasteiger partial charge in [0.05, 0.1) is 6.33 Å². The van der Waals surface area contributed by atoms with Crippen LogP contribution in [0.1, 0.15) is 12.0 Å². The molecule has 16 heavy (non-hydrogen) atoms. The smallest absolute Gasteiger partial charge is 0.0945 e. The first-order chi connectivity index (χ1) is 7.95. The Morgan fingerprint density at radius 3 is 2.75 bits per heavy atom. The lowest BCUT2D eigenvalue weighted by atomic mass is 10.2. The van der Waals surface area contributed by atoms with Crippen molar-refractivity contribution in [1.29, 1.82) is 0 Å². The van der Waals surface area contributed by atoms with E-state index in [0.29, 0.717) is 0 Å².